The minimum atomic E-state index is -3.96. The number of benzene rings is 3. The molecule has 0 fully saturated rings. The van der Waals surface area contributed by atoms with Crippen molar-refractivity contribution in [3.05, 3.63) is 83.4 Å². The molecule has 0 saturated heterocycles. The predicted molar refractivity (Wildman–Crippen MR) is 124 cm³/mol. The molecule has 0 aliphatic carbocycles. The molecule has 0 heterocycles. The number of anilines is 1. The molecule has 0 aliphatic heterocycles. The van der Waals surface area contributed by atoms with E-state index in [4.69, 9.17) is 4.74 Å². The molecule has 3 aromatic carbocycles. The van der Waals surface area contributed by atoms with Crippen molar-refractivity contribution in [2.24, 2.45) is 0 Å². The lowest BCUT2D eigenvalue weighted by molar-refractivity contribution is -0.0499. The maximum Gasteiger partial charge on any atom is 0.387 e. The first-order valence-electron chi connectivity index (χ1n) is 10.2. The smallest absolute Gasteiger partial charge is 0.387 e. The van der Waals surface area contributed by atoms with E-state index < -0.39 is 28.6 Å². The molecule has 0 saturated carbocycles. The van der Waals surface area contributed by atoms with Crippen LogP contribution in [0.1, 0.15) is 34.5 Å². The van der Waals surface area contributed by atoms with Gasteiger partial charge in [-0.1, -0.05) is 18.2 Å². The minimum absolute atomic E-state index is 0.0255. The highest BCUT2D eigenvalue weighted by Gasteiger charge is 2.20. The SMILES string of the molecule is COc1ccc(NS(=O)(=O)c2ccc(C)c(C(=O)NC(C)c3cccc(OC(F)F)c3)c2)cc1. The lowest BCUT2D eigenvalue weighted by atomic mass is 10.1. The van der Waals surface area contributed by atoms with Crippen LogP contribution in [0.2, 0.25) is 0 Å². The van der Waals surface area contributed by atoms with Gasteiger partial charge < -0.3 is 14.8 Å². The van der Waals surface area contributed by atoms with Crippen LogP contribution in [-0.4, -0.2) is 28.0 Å². The number of nitrogens with one attached hydrogen (secondary N) is 2. The largest absolute Gasteiger partial charge is 0.497 e. The van der Waals surface area contributed by atoms with E-state index in [2.05, 4.69) is 14.8 Å². The summed E-state index contributed by atoms with van der Waals surface area (Å²) in [5.74, 6) is 0.0480. The Labute approximate surface area is 196 Å². The number of sulfonamides is 1. The average Bonchev–Trinajstić information content (AvgIpc) is 2.79. The van der Waals surface area contributed by atoms with E-state index in [9.17, 15) is 22.0 Å². The molecular formula is C24H24F2N2O5S. The monoisotopic (exact) mass is 490 g/mol. The molecule has 1 unspecified atom stereocenters. The van der Waals surface area contributed by atoms with Gasteiger partial charge in [-0.25, -0.2) is 8.42 Å². The molecule has 2 N–H and O–H groups in total. The fraction of sp³-hybridized carbons (Fsp3) is 0.208. The Morgan fingerprint density at radius 3 is 2.32 bits per heavy atom. The van der Waals surface area contributed by atoms with E-state index in [1.54, 1.807) is 56.3 Å². The summed E-state index contributed by atoms with van der Waals surface area (Å²) in [5, 5.41) is 2.76. The van der Waals surface area contributed by atoms with Crippen molar-refractivity contribution >= 4 is 21.6 Å². The second-order valence-corrected chi connectivity index (χ2v) is 9.14. The van der Waals surface area contributed by atoms with Gasteiger partial charge in [-0.15, -0.1) is 0 Å². The van der Waals surface area contributed by atoms with Crippen LogP contribution < -0.4 is 19.5 Å². The third kappa shape index (κ3) is 6.22. The standard InChI is InChI=1S/C24H24F2N2O5S/c1-15-7-12-21(34(30,31)28-18-8-10-19(32-3)11-9-18)14-22(15)23(29)27-16(2)17-5-4-6-20(13-17)33-24(25)26/h4-14,16,24,28H,1-3H3,(H,27,29). The summed E-state index contributed by atoms with van der Waals surface area (Å²) in [5.41, 5.74) is 1.63. The number of carbonyl (C=O) groups excluding carboxylic acids is 1. The Morgan fingerprint density at radius 2 is 1.68 bits per heavy atom. The van der Waals surface area contributed by atoms with Gasteiger partial charge in [-0.3, -0.25) is 9.52 Å². The Bertz CT molecular complexity index is 1260. The first kappa shape index (κ1) is 25.0. The molecule has 180 valence electrons. The highest BCUT2D eigenvalue weighted by molar-refractivity contribution is 7.92. The Balaban J connectivity index is 1.79. The normalized spacial score (nSPS) is 12.2. The maximum atomic E-state index is 12.9. The molecule has 7 nitrogen and oxygen atoms in total. The highest BCUT2D eigenvalue weighted by Crippen LogP contribution is 2.24. The van der Waals surface area contributed by atoms with E-state index in [-0.39, 0.29) is 16.2 Å². The van der Waals surface area contributed by atoms with Crippen LogP contribution in [0.15, 0.2) is 71.6 Å². The first-order chi connectivity index (χ1) is 16.1. The van der Waals surface area contributed by atoms with E-state index in [1.807, 2.05) is 0 Å². The fourth-order valence-electron chi connectivity index (χ4n) is 3.20. The van der Waals surface area contributed by atoms with E-state index in [0.717, 1.165) is 0 Å². The van der Waals surface area contributed by atoms with Crippen LogP contribution in [0, 0.1) is 6.92 Å². The zero-order chi connectivity index (χ0) is 24.9. The van der Waals surface area contributed by atoms with Gasteiger partial charge in [0.05, 0.1) is 18.0 Å². The molecule has 3 aromatic rings. The summed E-state index contributed by atoms with van der Waals surface area (Å²) in [6.45, 7) is 0.406. The number of rotatable bonds is 9. The number of halogens is 2. The number of hydrogen-bond acceptors (Lipinski definition) is 5. The van der Waals surface area contributed by atoms with Gasteiger partial charge in [0.15, 0.2) is 0 Å². The van der Waals surface area contributed by atoms with Crippen LogP contribution in [0.5, 0.6) is 11.5 Å². The van der Waals surface area contributed by atoms with E-state index in [1.165, 1.54) is 31.4 Å². The van der Waals surface area contributed by atoms with Crippen molar-refractivity contribution in [1.82, 2.24) is 5.32 Å². The summed E-state index contributed by atoms with van der Waals surface area (Å²) < 4.78 is 62.6. The first-order valence-corrected chi connectivity index (χ1v) is 11.7. The van der Waals surface area contributed by atoms with Gasteiger partial charge >= 0.3 is 6.61 Å². The van der Waals surface area contributed by atoms with Crippen LogP contribution in [0.25, 0.3) is 0 Å². The second-order valence-electron chi connectivity index (χ2n) is 7.46. The molecule has 34 heavy (non-hydrogen) atoms. The quantitative estimate of drug-likeness (QED) is 0.445. The number of methoxy groups -OCH3 is 1. The molecule has 10 heteroatoms. The molecule has 0 aliphatic rings. The molecule has 0 spiro atoms. The number of hydrogen-bond donors (Lipinski definition) is 2. The number of carbonyl (C=O) groups is 1. The summed E-state index contributed by atoms with van der Waals surface area (Å²) in [6.07, 6.45) is 0. The van der Waals surface area contributed by atoms with Crippen molar-refractivity contribution in [2.75, 3.05) is 11.8 Å². The second kappa shape index (κ2) is 10.5. The summed E-state index contributed by atoms with van der Waals surface area (Å²) in [7, 11) is -2.46. The number of alkyl halides is 2. The minimum Gasteiger partial charge on any atom is -0.497 e. The molecule has 1 amide bonds. The number of ether oxygens (including phenoxy) is 2. The van der Waals surface area contributed by atoms with E-state index >= 15 is 0 Å². The Kier molecular flexibility index (Phi) is 7.72. The van der Waals surface area contributed by atoms with Crippen LogP contribution in [-0.2, 0) is 10.0 Å². The fourth-order valence-corrected chi connectivity index (χ4v) is 4.29. The number of aryl methyl sites for hydroxylation is 1. The zero-order valence-electron chi connectivity index (χ0n) is 18.7. The summed E-state index contributed by atoms with van der Waals surface area (Å²) >= 11 is 0. The van der Waals surface area contributed by atoms with Gasteiger partial charge in [0.25, 0.3) is 15.9 Å². The van der Waals surface area contributed by atoms with Gasteiger partial charge in [0.2, 0.25) is 0 Å². The Morgan fingerprint density at radius 1 is 0.971 bits per heavy atom. The van der Waals surface area contributed by atoms with Crippen molar-refractivity contribution in [3.63, 3.8) is 0 Å². The average molecular weight is 491 g/mol. The third-order valence-electron chi connectivity index (χ3n) is 5.04. The van der Waals surface area contributed by atoms with Crippen LogP contribution in [0.4, 0.5) is 14.5 Å². The maximum absolute atomic E-state index is 12.9. The van der Waals surface area contributed by atoms with Crippen molar-refractivity contribution in [1.29, 1.82) is 0 Å². The topological polar surface area (TPSA) is 93.7 Å². The van der Waals surface area contributed by atoms with Gasteiger partial charge in [-0.05, 0) is 73.5 Å². The molecule has 0 radical (unpaired) electrons. The zero-order valence-corrected chi connectivity index (χ0v) is 19.5. The molecule has 3 rings (SSSR count). The summed E-state index contributed by atoms with van der Waals surface area (Å²) in [6, 6.07) is 16.1. The third-order valence-corrected chi connectivity index (χ3v) is 6.42. The molecule has 0 aromatic heterocycles. The van der Waals surface area contributed by atoms with Crippen LogP contribution in [0.3, 0.4) is 0 Å². The molecule has 1 atom stereocenters. The van der Waals surface area contributed by atoms with Gasteiger partial charge in [0.1, 0.15) is 11.5 Å². The number of amides is 1. The highest BCUT2D eigenvalue weighted by atomic mass is 32.2. The summed E-state index contributed by atoms with van der Waals surface area (Å²) in [4.78, 5) is 12.8. The van der Waals surface area contributed by atoms with E-state index in [0.29, 0.717) is 22.6 Å². The van der Waals surface area contributed by atoms with Gasteiger partial charge in [0, 0.05) is 11.3 Å². The van der Waals surface area contributed by atoms with Crippen molar-refractivity contribution < 1.29 is 31.5 Å². The lowest BCUT2D eigenvalue weighted by Crippen LogP contribution is -2.27. The van der Waals surface area contributed by atoms with Gasteiger partial charge in [-0.2, -0.15) is 8.78 Å². The Hall–Kier alpha value is -3.66. The van der Waals surface area contributed by atoms with Crippen LogP contribution >= 0.6 is 0 Å². The predicted octanol–water partition coefficient (Wildman–Crippen LogP) is 4.90. The van der Waals surface area contributed by atoms with Crippen molar-refractivity contribution in [2.45, 2.75) is 31.4 Å². The van der Waals surface area contributed by atoms with Crippen molar-refractivity contribution in [3.8, 4) is 11.5 Å². The lowest BCUT2D eigenvalue weighted by Gasteiger charge is -2.17. The molecule has 0 bridgehead atoms. The molecular weight excluding hydrogens is 466 g/mol.